The van der Waals surface area contributed by atoms with E-state index in [1.165, 1.54) is 0 Å². The zero-order valence-corrected chi connectivity index (χ0v) is 12.9. The van der Waals surface area contributed by atoms with E-state index in [4.69, 9.17) is 4.74 Å². The number of methoxy groups -OCH3 is 1. The second-order valence-corrected chi connectivity index (χ2v) is 4.97. The minimum atomic E-state index is 0. The largest absolute Gasteiger partial charge is 0.497 e. The van der Waals surface area contributed by atoms with Crippen LogP contribution in [-0.4, -0.2) is 44.1 Å². The summed E-state index contributed by atoms with van der Waals surface area (Å²) in [5.41, 5.74) is 1.04. The minimum absolute atomic E-state index is 0. The number of nitrogens with zero attached hydrogens (tertiary/aromatic N) is 1. The molecule has 1 aliphatic heterocycles. The van der Waals surface area contributed by atoms with E-state index >= 15 is 0 Å². The van der Waals surface area contributed by atoms with Gasteiger partial charge in [0.25, 0.3) is 0 Å². The molecule has 0 atom stereocenters. The van der Waals surface area contributed by atoms with Gasteiger partial charge in [0, 0.05) is 19.1 Å². The van der Waals surface area contributed by atoms with Crippen LogP contribution in [0, 0.1) is 0 Å². The number of hydrogen-bond donors (Lipinski definition) is 1. The lowest BCUT2D eigenvalue weighted by atomic mass is 10.0. The van der Waals surface area contributed by atoms with Gasteiger partial charge in [-0.1, -0.05) is 12.1 Å². The Morgan fingerprint density at radius 1 is 1.30 bits per heavy atom. The summed E-state index contributed by atoms with van der Waals surface area (Å²) in [4.78, 5) is 14.2. The van der Waals surface area contributed by atoms with E-state index in [1.807, 2.05) is 36.2 Å². The van der Waals surface area contributed by atoms with Crippen LogP contribution in [-0.2, 0) is 11.2 Å². The Morgan fingerprint density at radius 3 is 2.40 bits per heavy atom. The van der Waals surface area contributed by atoms with Gasteiger partial charge in [0.05, 0.1) is 13.5 Å². The average molecular weight is 299 g/mol. The lowest BCUT2D eigenvalue weighted by Crippen LogP contribution is -2.44. The van der Waals surface area contributed by atoms with Gasteiger partial charge in [0.1, 0.15) is 5.75 Å². The smallest absolute Gasteiger partial charge is 0.226 e. The summed E-state index contributed by atoms with van der Waals surface area (Å²) in [6.45, 7) is 1.72. The lowest BCUT2D eigenvalue weighted by Gasteiger charge is -2.31. The number of likely N-dealkylation sites (tertiary alicyclic amines) is 1. The zero-order chi connectivity index (χ0) is 13.7. The first-order valence-corrected chi connectivity index (χ1v) is 6.81. The van der Waals surface area contributed by atoms with Gasteiger partial charge in [-0.15, -0.1) is 12.4 Å². The van der Waals surface area contributed by atoms with Gasteiger partial charge in [0.15, 0.2) is 0 Å². The first-order valence-electron chi connectivity index (χ1n) is 6.81. The minimum Gasteiger partial charge on any atom is -0.497 e. The summed E-state index contributed by atoms with van der Waals surface area (Å²) >= 11 is 0. The van der Waals surface area contributed by atoms with Gasteiger partial charge < -0.3 is 15.0 Å². The highest BCUT2D eigenvalue weighted by Gasteiger charge is 2.21. The van der Waals surface area contributed by atoms with Crippen molar-refractivity contribution in [3.63, 3.8) is 0 Å². The fourth-order valence-corrected chi connectivity index (χ4v) is 2.45. The van der Waals surface area contributed by atoms with Gasteiger partial charge in [-0.3, -0.25) is 4.79 Å². The molecule has 1 heterocycles. The van der Waals surface area contributed by atoms with Gasteiger partial charge >= 0.3 is 0 Å². The van der Waals surface area contributed by atoms with Crippen molar-refractivity contribution in [1.82, 2.24) is 10.2 Å². The van der Waals surface area contributed by atoms with Crippen molar-refractivity contribution in [3.05, 3.63) is 29.8 Å². The fraction of sp³-hybridized carbons (Fsp3) is 0.533. The number of hydrogen-bond acceptors (Lipinski definition) is 3. The summed E-state index contributed by atoms with van der Waals surface area (Å²) in [7, 11) is 3.63. The number of piperidine rings is 1. The molecule has 1 aromatic carbocycles. The highest BCUT2D eigenvalue weighted by Crippen LogP contribution is 2.15. The van der Waals surface area contributed by atoms with Gasteiger partial charge in [-0.05, 0) is 37.6 Å². The topological polar surface area (TPSA) is 41.6 Å². The summed E-state index contributed by atoms with van der Waals surface area (Å²) in [6.07, 6.45) is 2.57. The first kappa shape index (κ1) is 16.8. The molecule has 1 saturated heterocycles. The predicted octanol–water partition coefficient (Wildman–Crippen LogP) is 1.87. The molecule has 0 aromatic heterocycles. The standard InChI is InChI=1S/C15H22N2O2.ClH/c1-16-13-7-9-17(10-8-13)15(18)11-12-3-5-14(19-2)6-4-12;/h3-6,13,16H,7-11H2,1-2H3;1H. The maximum Gasteiger partial charge on any atom is 0.226 e. The Morgan fingerprint density at radius 2 is 1.90 bits per heavy atom. The molecule has 0 spiro atoms. The zero-order valence-electron chi connectivity index (χ0n) is 12.1. The number of benzene rings is 1. The number of rotatable bonds is 4. The molecule has 2 rings (SSSR count). The van der Waals surface area contributed by atoms with Gasteiger partial charge in [0.2, 0.25) is 5.91 Å². The Balaban J connectivity index is 0.00000200. The SMILES string of the molecule is CNC1CCN(C(=O)Cc2ccc(OC)cc2)CC1.Cl. The lowest BCUT2D eigenvalue weighted by molar-refractivity contribution is -0.131. The third-order valence-corrected chi connectivity index (χ3v) is 3.77. The molecule has 1 aliphatic rings. The van der Waals surface area contributed by atoms with Crippen molar-refractivity contribution in [3.8, 4) is 5.75 Å². The summed E-state index contributed by atoms with van der Waals surface area (Å²) < 4.78 is 5.11. The maximum atomic E-state index is 12.2. The molecule has 0 aliphatic carbocycles. The van der Waals surface area contributed by atoms with E-state index in [0.29, 0.717) is 12.5 Å². The van der Waals surface area contributed by atoms with E-state index < -0.39 is 0 Å². The number of carbonyl (C=O) groups is 1. The molecule has 1 fully saturated rings. The van der Waals surface area contributed by atoms with Crippen LogP contribution in [0.3, 0.4) is 0 Å². The average Bonchev–Trinajstić information content (AvgIpc) is 2.48. The normalized spacial score (nSPS) is 15.6. The summed E-state index contributed by atoms with van der Waals surface area (Å²) in [5.74, 6) is 1.05. The van der Waals surface area contributed by atoms with Crippen LogP contribution in [0.4, 0.5) is 0 Å². The molecule has 0 radical (unpaired) electrons. The molecular formula is C15H23ClN2O2. The molecule has 5 heteroatoms. The van der Waals surface area contributed by atoms with Crippen molar-refractivity contribution in [2.75, 3.05) is 27.2 Å². The molecule has 1 aromatic rings. The summed E-state index contributed by atoms with van der Waals surface area (Å²) in [6, 6.07) is 8.27. The molecule has 0 unspecified atom stereocenters. The molecule has 20 heavy (non-hydrogen) atoms. The number of nitrogens with one attached hydrogen (secondary N) is 1. The molecule has 0 bridgehead atoms. The van der Waals surface area contributed by atoms with Gasteiger partial charge in [-0.2, -0.15) is 0 Å². The van der Waals surface area contributed by atoms with Crippen LogP contribution in [0.5, 0.6) is 5.75 Å². The number of halogens is 1. The molecule has 112 valence electrons. The van der Waals surface area contributed by atoms with Crippen LogP contribution in [0.15, 0.2) is 24.3 Å². The van der Waals surface area contributed by atoms with Crippen LogP contribution < -0.4 is 10.1 Å². The molecule has 0 saturated carbocycles. The highest BCUT2D eigenvalue weighted by molar-refractivity contribution is 5.85. The van der Waals surface area contributed by atoms with Crippen LogP contribution in [0.1, 0.15) is 18.4 Å². The van der Waals surface area contributed by atoms with Crippen LogP contribution in [0.2, 0.25) is 0 Å². The number of carbonyl (C=O) groups excluding carboxylic acids is 1. The van der Waals surface area contributed by atoms with Crippen molar-refractivity contribution in [2.45, 2.75) is 25.3 Å². The Hall–Kier alpha value is -1.26. The van der Waals surface area contributed by atoms with Crippen molar-refractivity contribution < 1.29 is 9.53 Å². The monoisotopic (exact) mass is 298 g/mol. The highest BCUT2D eigenvalue weighted by atomic mass is 35.5. The van der Waals surface area contributed by atoms with E-state index in [-0.39, 0.29) is 18.3 Å². The number of ether oxygens (including phenoxy) is 1. The van der Waals surface area contributed by atoms with Crippen molar-refractivity contribution in [1.29, 1.82) is 0 Å². The van der Waals surface area contributed by atoms with Crippen LogP contribution >= 0.6 is 12.4 Å². The van der Waals surface area contributed by atoms with E-state index in [0.717, 1.165) is 37.2 Å². The van der Waals surface area contributed by atoms with Crippen molar-refractivity contribution in [2.24, 2.45) is 0 Å². The predicted molar refractivity (Wildman–Crippen MR) is 82.6 cm³/mol. The summed E-state index contributed by atoms with van der Waals surface area (Å²) in [5, 5.41) is 3.27. The quantitative estimate of drug-likeness (QED) is 0.923. The van der Waals surface area contributed by atoms with E-state index in [2.05, 4.69) is 5.32 Å². The van der Waals surface area contributed by atoms with Crippen molar-refractivity contribution >= 4 is 18.3 Å². The fourth-order valence-electron chi connectivity index (χ4n) is 2.45. The maximum absolute atomic E-state index is 12.2. The third kappa shape index (κ3) is 4.39. The van der Waals surface area contributed by atoms with Gasteiger partial charge in [-0.25, -0.2) is 0 Å². The Kier molecular flexibility index (Phi) is 6.82. The second kappa shape index (κ2) is 8.12. The third-order valence-electron chi connectivity index (χ3n) is 3.77. The second-order valence-electron chi connectivity index (χ2n) is 4.97. The number of amides is 1. The first-order chi connectivity index (χ1) is 9.22. The molecule has 1 amide bonds. The molecule has 4 nitrogen and oxygen atoms in total. The molecule has 1 N–H and O–H groups in total. The Bertz CT molecular complexity index is 414. The van der Waals surface area contributed by atoms with E-state index in [1.54, 1.807) is 7.11 Å². The van der Waals surface area contributed by atoms with Crippen LogP contribution in [0.25, 0.3) is 0 Å². The van der Waals surface area contributed by atoms with E-state index in [9.17, 15) is 4.79 Å². The Labute approximate surface area is 126 Å². The molecular weight excluding hydrogens is 276 g/mol.